The van der Waals surface area contributed by atoms with Crippen LogP contribution in [0.2, 0.25) is 0 Å². The van der Waals surface area contributed by atoms with Crippen molar-refractivity contribution in [2.45, 2.75) is 43.9 Å². The fourth-order valence-electron chi connectivity index (χ4n) is 4.99. The molecule has 10 nitrogen and oxygen atoms in total. The summed E-state index contributed by atoms with van der Waals surface area (Å²) in [6.45, 7) is 1.02. The van der Waals surface area contributed by atoms with Gasteiger partial charge in [-0.3, -0.25) is 0 Å². The minimum Gasteiger partial charge on any atom is -0.381 e. The molecule has 210 valence electrons. The monoisotopic (exact) mass is 553 g/mol. The van der Waals surface area contributed by atoms with Crippen molar-refractivity contribution >= 4 is 11.5 Å². The maximum absolute atomic E-state index is 12.3. The second kappa shape index (κ2) is 12.1. The summed E-state index contributed by atoms with van der Waals surface area (Å²) in [6, 6.07) is 29.4. The lowest BCUT2D eigenvalue weighted by molar-refractivity contribution is -0.256. The SMILES string of the molecule is Nc1ncnn2c([C@@]3(O)O[C@H](COCc4ccccc4)[C@@H](OCc4ccccc4)[C@H]3OCc3ccccc3)cnc12. The number of hydrogen-bond acceptors (Lipinski definition) is 9. The van der Waals surface area contributed by atoms with Gasteiger partial charge in [-0.05, 0) is 16.7 Å². The van der Waals surface area contributed by atoms with Gasteiger partial charge in [-0.15, -0.1) is 0 Å². The number of hydrogen-bond donors (Lipinski definition) is 2. The molecule has 0 saturated carbocycles. The van der Waals surface area contributed by atoms with E-state index in [2.05, 4.69) is 15.1 Å². The van der Waals surface area contributed by atoms with Gasteiger partial charge in [-0.2, -0.15) is 5.10 Å². The van der Waals surface area contributed by atoms with Crippen molar-refractivity contribution in [1.82, 2.24) is 19.6 Å². The van der Waals surface area contributed by atoms with E-state index in [1.54, 1.807) is 0 Å². The molecule has 0 amide bonds. The van der Waals surface area contributed by atoms with E-state index >= 15 is 0 Å². The van der Waals surface area contributed by atoms with Crippen LogP contribution in [0.25, 0.3) is 5.65 Å². The number of nitrogens with zero attached hydrogens (tertiary/aromatic N) is 4. The van der Waals surface area contributed by atoms with Gasteiger partial charge < -0.3 is 29.8 Å². The largest absolute Gasteiger partial charge is 0.381 e. The number of imidazole rings is 1. The van der Waals surface area contributed by atoms with Crippen molar-refractivity contribution in [1.29, 1.82) is 0 Å². The van der Waals surface area contributed by atoms with Crippen molar-refractivity contribution in [2.75, 3.05) is 12.3 Å². The van der Waals surface area contributed by atoms with E-state index < -0.39 is 24.1 Å². The summed E-state index contributed by atoms with van der Waals surface area (Å²) in [6.07, 6.45) is 0.422. The highest BCUT2D eigenvalue weighted by Crippen LogP contribution is 2.42. The Hall–Kier alpha value is -4.19. The van der Waals surface area contributed by atoms with E-state index in [9.17, 15) is 5.11 Å². The third-order valence-electron chi connectivity index (χ3n) is 7.03. The first kappa shape index (κ1) is 27.0. The van der Waals surface area contributed by atoms with Crippen molar-refractivity contribution in [3.05, 3.63) is 126 Å². The molecule has 3 heterocycles. The highest BCUT2D eigenvalue weighted by molar-refractivity contribution is 5.59. The Bertz CT molecular complexity index is 1550. The molecule has 1 aliphatic heterocycles. The lowest BCUT2D eigenvalue weighted by Crippen LogP contribution is -2.45. The standard InChI is InChI=1S/C31H31N5O5/c32-29-30-33-16-26(36(30)35-21-34-29)31(37)28(40-19-24-14-8-3-9-15-24)27(39-18-23-12-6-2-7-13-23)25(41-31)20-38-17-22-10-4-1-5-11-22/h1-16,21,25,27-28,37H,17-20H2,(H2,32,34,35)/t25-,27-,28-,31-/m1/s1. The summed E-state index contributed by atoms with van der Waals surface area (Å²) in [5.41, 5.74) is 9.52. The normalized spacial score (nSPS) is 22.3. The van der Waals surface area contributed by atoms with Crippen LogP contribution in [0.4, 0.5) is 5.82 Å². The number of rotatable bonds is 11. The summed E-state index contributed by atoms with van der Waals surface area (Å²) in [5.74, 6) is -1.81. The molecule has 2 aromatic heterocycles. The van der Waals surface area contributed by atoms with Crippen LogP contribution in [0.3, 0.4) is 0 Å². The first-order valence-electron chi connectivity index (χ1n) is 13.4. The molecule has 1 saturated heterocycles. The van der Waals surface area contributed by atoms with Crippen LogP contribution in [-0.4, -0.2) is 49.6 Å². The number of aromatic nitrogens is 4. The van der Waals surface area contributed by atoms with Crippen LogP contribution >= 0.6 is 0 Å². The Kier molecular flexibility index (Phi) is 7.99. The van der Waals surface area contributed by atoms with Crippen molar-refractivity contribution < 1.29 is 24.1 Å². The second-order valence-electron chi connectivity index (χ2n) is 9.86. The predicted octanol–water partition coefficient (Wildman–Crippen LogP) is 3.64. The summed E-state index contributed by atoms with van der Waals surface area (Å²) in [4.78, 5) is 8.36. The molecule has 41 heavy (non-hydrogen) atoms. The summed E-state index contributed by atoms with van der Waals surface area (Å²) < 4.78 is 26.8. The zero-order chi connectivity index (χ0) is 28.1. The zero-order valence-corrected chi connectivity index (χ0v) is 22.3. The molecule has 1 fully saturated rings. The fourth-order valence-corrected chi connectivity index (χ4v) is 4.99. The smallest absolute Gasteiger partial charge is 0.242 e. The van der Waals surface area contributed by atoms with E-state index in [0.717, 1.165) is 16.7 Å². The first-order valence-corrected chi connectivity index (χ1v) is 13.4. The van der Waals surface area contributed by atoms with E-state index in [4.69, 9.17) is 24.7 Å². The lowest BCUT2D eigenvalue weighted by Gasteiger charge is -2.30. The number of anilines is 1. The Labute approximate surface area is 237 Å². The second-order valence-corrected chi connectivity index (χ2v) is 9.86. The molecule has 10 heteroatoms. The molecule has 0 radical (unpaired) electrons. The Morgan fingerprint density at radius 1 is 0.805 bits per heavy atom. The molecule has 1 aliphatic rings. The highest BCUT2D eigenvalue weighted by atomic mass is 16.7. The van der Waals surface area contributed by atoms with Gasteiger partial charge in [0.25, 0.3) is 0 Å². The molecule has 3 N–H and O–H groups in total. The fraction of sp³-hybridized carbons (Fsp3) is 0.258. The molecule has 0 aliphatic carbocycles. The topological polar surface area (TPSA) is 126 Å². The predicted molar refractivity (Wildman–Crippen MR) is 150 cm³/mol. The average molecular weight is 554 g/mol. The van der Waals surface area contributed by atoms with Crippen LogP contribution in [-0.2, 0) is 44.6 Å². The Morgan fingerprint density at radius 2 is 1.39 bits per heavy atom. The van der Waals surface area contributed by atoms with Gasteiger partial charge in [0.2, 0.25) is 5.79 Å². The van der Waals surface area contributed by atoms with Crippen LogP contribution < -0.4 is 5.73 Å². The number of ether oxygens (including phenoxy) is 4. The maximum Gasteiger partial charge on any atom is 0.242 e. The molecule has 6 rings (SSSR count). The van der Waals surface area contributed by atoms with Gasteiger partial charge in [0.15, 0.2) is 11.5 Å². The number of nitrogens with two attached hydrogens (primary N) is 1. The van der Waals surface area contributed by atoms with Crippen LogP contribution in [0.15, 0.2) is 104 Å². The van der Waals surface area contributed by atoms with Gasteiger partial charge in [0.05, 0.1) is 32.6 Å². The van der Waals surface area contributed by atoms with Gasteiger partial charge in [0.1, 0.15) is 30.3 Å². The van der Waals surface area contributed by atoms with E-state index in [-0.39, 0.29) is 31.3 Å². The highest BCUT2D eigenvalue weighted by Gasteiger charge is 2.59. The minimum atomic E-state index is -1.99. The molecule has 4 atom stereocenters. The summed E-state index contributed by atoms with van der Waals surface area (Å²) in [5, 5.41) is 16.6. The summed E-state index contributed by atoms with van der Waals surface area (Å²) in [7, 11) is 0. The van der Waals surface area contributed by atoms with Gasteiger partial charge in [-0.1, -0.05) is 91.0 Å². The van der Waals surface area contributed by atoms with Crippen molar-refractivity contribution in [2.24, 2.45) is 0 Å². The van der Waals surface area contributed by atoms with Gasteiger partial charge >= 0.3 is 0 Å². The molecule has 5 aromatic rings. The van der Waals surface area contributed by atoms with Gasteiger partial charge in [0, 0.05) is 0 Å². The van der Waals surface area contributed by atoms with E-state index in [0.29, 0.717) is 12.3 Å². The molecular weight excluding hydrogens is 522 g/mol. The Balaban J connectivity index is 1.33. The minimum absolute atomic E-state index is 0.149. The van der Waals surface area contributed by atoms with Gasteiger partial charge in [-0.25, -0.2) is 14.5 Å². The molecule has 0 unspecified atom stereocenters. The third kappa shape index (κ3) is 5.83. The van der Waals surface area contributed by atoms with Crippen LogP contribution in [0, 0.1) is 0 Å². The van der Waals surface area contributed by atoms with E-state index in [1.165, 1.54) is 17.0 Å². The van der Waals surface area contributed by atoms with Crippen LogP contribution in [0.5, 0.6) is 0 Å². The zero-order valence-electron chi connectivity index (χ0n) is 22.3. The number of nitrogen functional groups attached to an aromatic ring is 1. The average Bonchev–Trinajstić information content (AvgIpc) is 3.57. The van der Waals surface area contributed by atoms with E-state index in [1.807, 2.05) is 91.0 Å². The number of benzene rings is 3. The maximum atomic E-state index is 12.3. The van der Waals surface area contributed by atoms with Crippen LogP contribution in [0.1, 0.15) is 22.4 Å². The third-order valence-corrected chi connectivity index (χ3v) is 7.03. The number of aliphatic hydroxyl groups is 1. The molecular formula is C31H31N5O5. The molecule has 0 bridgehead atoms. The lowest BCUT2D eigenvalue weighted by atomic mass is 10.0. The quantitative estimate of drug-likeness (QED) is 0.252. The molecule has 3 aromatic carbocycles. The van der Waals surface area contributed by atoms with Crippen molar-refractivity contribution in [3.8, 4) is 0 Å². The van der Waals surface area contributed by atoms with Crippen molar-refractivity contribution in [3.63, 3.8) is 0 Å². The number of fused-ring (bicyclic) bond motifs is 1. The summed E-state index contributed by atoms with van der Waals surface area (Å²) >= 11 is 0. The Morgan fingerprint density at radius 3 is 2.02 bits per heavy atom. The first-order chi connectivity index (χ1) is 20.1. The molecule has 0 spiro atoms.